The molecule has 0 saturated heterocycles. The van der Waals surface area contributed by atoms with Gasteiger partial charge in [0.05, 0.1) is 27.1 Å². The molecule has 0 spiro atoms. The molecule has 6 nitrogen and oxygen atoms in total. The number of hydrogen-bond donors (Lipinski definition) is 2. The van der Waals surface area contributed by atoms with E-state index in [9.17, 15) is 18.0 Å². The molecule has 0 aliphatic rings. The Hall–Kier alpha value is -1.25. The molecule has 2 N–H and O–H groups in total. The molecule has 9 heteroatoms. The van der Waals surface area contributed by atoms with Gasteiger partial charge in [-0.3, -0.25) is 9.59 Å². The Labute approximate surface area is 125 Å². The van der Waals surface area contributed by atoms with Crippen molar-refractivity contribution in [2.45, 2.75) is 4.90 Å². The number of carboxylic acids is 1. The molecule has 0 fully saturated rings. The molecule has 0 aliphatic heterocycles. The molecule has 20 heavy (non-hydrogen) atoms. The molecule has 0 atom stereocenters. The Morgan fingerprint density at radius 1 is 1.35 bits per heavy atom. The van der Waals surface area contributed by atoms with Crippen LogP contribution in [0.2, 0.25) is 5.02 Å². The highest BCUT2D eigenvalue weighted by atomic mass is 35.5. The van der Waals surface area contributed by atoms with Crippen molar-refractivity contribution >= 4 is 50.8 Å². The minimum absolute atomic E-state index is 0.0374. The van der Waals surface area contributed by atoms with Crippen molar-refractivity contribution < 1.29 is 23.1 Å². The van der Waals surface area contributed by atoms with Gasteiger partial charge < -0.3 is 10.4 Å². The van der Waals surface area contributed by atoms with Crippen molar-refractivity contribution in [2.24, 2.45) is 0 Å². The number of amides is 1. The van der Waals surface area contributed by atoms with Gasteiger partial charge >= 0.3 is 5.97 Å². The lowest BCUT2D eigenvalue weighted by molar-refractivity contribution is -0.133. The zero-order valence-corrected chi connectivity index (χ0v) is 12.8. The van der Waals surface area contributed by atoms with Crippen LogP contribution in [0.4, 0.5) is 5.69 Å². The molecule has 0 saturated carbocycles. The summed E-state index contributed by atoms with van der Waals surface area (Å²) in [6.07, 6.45) is 1.05. The third-order valence-corrected chi connectivity index (χ3v) is 4.46. The van der Waals surface area contributed by atoms with Gasteiger partial charge in [-0.05, 0) is 18.2 Å². The predicted octanol–water partition coefficient (Wildman–Crippen LogP) is 1.50. The second-order valence-corrected chi connectivity index (χ2v) is 7.26. The summed E-state index contributed by atoms with van der Waals surface area (Å²) in [5.41, 5.74) is 0.176. The van der Waals surface area contributed by atoms with Gasteiger partial charge in [-0.15, -0.1) is 11.8 Å². The van der Waals surface area contributed by atoms with Crippen LogP contribution in [-0.4, -0.2) is 43.2 Å². The highest BCUT2D eigenvalue weighted by molar-refractivity contribution is 8.00. The topological polar surface area (TPSA) is 101 Å². The normalized spacial score (nSPS) is 11.1. The number of sulfone groups is 1. The van der Waals surface area contributed by atoms with Gasteiger partial charge in [0.15, 0.2) is 9.84 Å². The van der Waals surface area contributed by atoms with Crippen LogP contribution in [0.3, 0.4) is 0 Å². The Bertz CT molecular complexity index is 630. The SMILES string of the molecule is CS(=O)(=O)c1ccc(Cl)c(NC(=O)CSCC(=O)O)c1. The Morgan fingerprint density at radius 3 is 2.55 bits per heavy atom. The average Bonchev–Trinajstić information content (AvgIpc) is 2.30. The lowest BCUT2D eigenvalue weighted by atomic mass is 10.3. The Morgan fingerprint density at radius 2 is 2.00 bits per heavy atom. The van der Waals surface area contributed by atoms with Crippen LogP contribution in [-0.2, 0) is 19.4 Å². The standard InChI is InChI=1S/C11H12ClNO5S2/c1-20(17,18)7-2-3-8(12)9(4-7)13-10(14)5-19-6-11(15)16/h2-4H,5-6H2,1H3,(H,13,14)(H,15,16). The molecule has 1 amide bonds. The van der Waals surface area contributed by atoms with Gasteiger partial charge in [-0.2, -0.15) is 0 Å². The minimum Gasteiger partial charge on any atom is -0.481 e. The molecular formula is C11H12ClNO5S2. The number of carbonyl (C=O) groups is 2. The summed E-state index contributed by atoms with van der Waals surface area (Å²) in [6, 6.07) is 3.97. The summed E-state index contributed by atoms with van der Waals surface area (Å²) >= 11 is 6.80. The largest absolute Gasteiger partial charge is 0.481 e. The molecule has 1 rings (SSSR count). The first kappa shape index (κ1) is 16.8. The fraction of sp³-hybridized carbons (Fsp3) is 0.273. The molecular weight excluding hydrogens is 326 g/mol. The Kier molecular flexibility index (Phi) is 5.85. The number of benzene rings is 1. The maximum absolute atomic E-state index is 11.6. The summed E-state index contributed by atoms with van der Waals surface area (Å²) in [5, 5.41) is 11.1. The number of hydrogen-bond acceptors (Lipinski definition) is 5. The van der Waals surface area contributed by atoms with Crippen molar-refractivity contribution in [3.05, 3.63) is 23.2 Å². The zero-order valence-electron chi connectivity index (χ0n) is 10.4. The zero-order chi connectivity index (χ0) is 15.3. The summed E-state index contributed by atoms with van der Waals surface area (Å²) in [4.78, 5) is 21.9. The van der Waals surface area contributed by atoms with Crippen LogP contribution in [0.25, 0.3) is 0 Å². The van der Waals surface area contributed by atoms with Crippen LogP contribution < -0.4 is 5.32 Å². The van der Waals surface area contributed by atoms with Crippen LogP contribution >= 0.6 is 23.4 Å². The fourth-order valence-electron chi connectivity index (χ4n) is 1.25. The average molecular weight is 338 g/mol. The third kappa shape index (κ3) is 5.40. The Balaban J connectivity index is 2.77. The number of anilines is 1. The van der Waals surface area contributed by atoms with Crippen LogP contribution in [0.1, 0.15) is 0 Å². The number of rotatable bonds is 6. The molecule has 0 bridgehead atoms. The first-order chi connectivity index (χ1) is 9.20. The number of halogens is 1. The summed E-state index contributed by atoms with van der Waals surface area (Å²) in [5.74, 6) is -1.72. The summed E-state index contributed by atoms with van der Waals surface area (Å²) in [7, 11) is -3.40. The number of carboxylic acid groups (broad SMARTS) is 1. The quantitative estimate of drug-likeness (QED) is 0.815. The smallest absolute Gasteiger partial charge is 0.313 e. The van der Waals surface area contributed by atoms with Crippen molar-refractivity contribution in [2.75, 3.05) is 23.1 Å². The van der Waals surface area contributed by atoms with E-state index in [0.717, 1.165) is 18.0 Å². The first-order valence-electron chi connectivity index (χ1n) is 5.29. The molecule has 0 aliphatic carbocycles. The van der Waals surface area contributed by atoms with Gasteiger partial charge in [0.2, 0.25) is 5.91 Å². The highest BCUT2D eigenvalue weighted by Crippen LogP contribution is 2.25. The molecule has 0 aromatic heterocycles. The molecule has 1 aromatic carbocycles. The predicted molar refractivity (Wildman–Crippen MR) is 78.2 cm³/mol. The van der Waals surface area contributed by atoms with Crippen molar-refractivity contribution in [1.82, 2.24) is 0 Å². The minimum atomic E-state index is -3.40. The van der Waals surface area contributed by atoms with Gasteiger partial charge in [0.25, 0.3) is 0 Å². The van der Waals surface area contributed by atoms with Crippen molar-refractivity contribution in [3.8, 4) is 0 Å². The van der Waals surface area contributed by atoms with Gasteiger partial charge in [0.1, 0.15) is 0 Å². The maximum atomic E-state index is 11.6. The summed E-state index contributed by atoms with van der Waals surface area (Å²) < 4.78 is 22.8. The first-order valence-corrected chi connectivity index (χ1v) is 8.71. The third-order valence-electron chi connectivity index (χ3n) is 2.10. The second-order valence-electron chi connectivity index (χ2n) is 3.85. The van der Waals surface area contributed by atoms with E-state index in [1.54, 1.807) is 0 Å². The molecule has 1 aromatic rings. The van der Waals surface area contributed by atoms with Crippen molar-refractivity contribution in [1.29, 1.82) is 0 Å². The van der Waals surface area contributed by atoms with Crippen molar-refractivity contribution in [3.63, 3.8) is 0 Å². The van der Waals surface area contributed by atoms with Gasteiger partial charge in [-0.25, -0.2) is 8.42 Å². The van der Waals surface area contributed by atoms with E-state index < -0.39 is 21.7 Å². The van der Waals surface area contributed by atoms with Crippen LogP contribution in [0.15, 0.2) is 23.1 Å². The second kappa shape index (κ2) is 6.96. The number of nitrogens with one attached hydrogen (secondary N) is 1. The maximum Gasteiger partial charge on any atom is 0.313 e. The molecule has 110 valence electrons. The highest BCUT2D eigenvalue weighted by Gasteiger charge is 2.12. The van der Waals surface area contributed by atoms with Gasteiger partial charge in [0, 0.05) is 6.26 Å². The van der Waals surface area contributed by atoms with E-state index >= 15 is 0 Å². The van der Waals surface area contributed by atoms with E-state index in [2.05, 4.69) is 5.32 Å². The molecule has 0 unspecified atom stereocenters. The summed E-state index contributed by atoms with van der Waals surface area (Å²) in [6.45, 7) is 0. The van der Waals surface area contributed by atoms with E-state index in [-0.39, 0.29) is 27.1 Å². The van der Waals surface area contributed by atoms with Crippen LogP contribution in [0, 0.1) is 0 Å². The van der Waals surface area contributed by atoms with Crippen LogP contribution in [0.5, 0.6) is 0 Å². The number of carbonyl (C=O) groups excluding carboxylic acids is 1. The van der Waals surface area contributed by atoms with Gasteiger partial charge in [-0.1, -0.05) is 11.6 Å². The fourth-order valence-corrected chi connectivity index (χ4v) is 2.59. The lowest BCUT2D eigenvalue weighted by Crippen LogP contribution is -2.16. The number of thioether (sulfide) groups is 1. The van der Waals surface area contributed by atoms with E-state index in [1.165, 1.54) is 18.2 Å². The monoisotopic (exact) mass is 337 g/mol. The van der Waals surface area contributed by atoms with E-state index in [4.69, 9.17) is 16.7 Å². The van der Waals surface area contributed by atoms with E-state index in [1.807, 2.05) is 0 Å². The molecule has 0 radical (unpaired) electrons. The van der Waals surface area contributed by atoms with E-state index in [0.29, 0.717) is 0 Å². The lowest BCUT2D eigenvalue weighted by Gasteiger charge is -2.08. The molecule has 0 heterocycles. The number of aliphatic carboxylic acids is 1.